The van der Waals surface area contributed by atoms with Crippen LogP contribution in [0, 0.1) is 5.92 Å². The van der Waals surface area contributed by atoms with E-state index in [4.69, 9.17) is 4.98 Å². The Hall–Kier alpha value is -2.95. The molecule has 29 heavy (non-hydrogen) atoms. The van der Waals surface area contributed by atoms with E-state index < -0.39 is 0 Å². The molecule has 1 aliphatic rings. The molecule has 5 nitrogen and oxygen atoms in total. The number of rotatable bonds is 5. The third-order valence-corrected chi connectivity index (χ3v) is 5.45. The number of para-hydroxylation sites is 1. The fraction of sp³-hybridized carbons (Fsp3) is 0.375. The summed E-state index contributed by atoms with van der Waals surface area (Å²) in [4.78, 5) is 25.4. The molecule has 0 aliphatic carbocycles. The topological polar surface area (TPSA) is 50.5 Å². The average Bonchev–Trinajstić information content (AvgIpc) is 3.04. The van der Waals surface area contributed by atoms with Gasteiger partial charge in [0.15, 0.2) is 0 Å². The Morgan fingerprint density at radius 1 is 1.03 bits per heavy atom. The highest BCUT2D eigenvalue weighted by atomic mass is 16.1. The first-order valence-corrected chi connectivity index (χ1v) is 10.2. The lowest BCUT2D eigenvalue weighted by atomic mass is 9.99. The second kappa shape index (κ2) is 7.47. The summed E-state index contributed by atoms with van der Waals surface area (Å²) in [5.74, 6) is 1.07. The van der Waals surface area contributed by atoms with E-state index in [1.807, 2.05) is 53.4 Å². The van der Waals surface area contributed by atoms with Gasteiger partial charge in [0, 0.05) is 6.54 Å². The Bertz CT molecular complexity index is 1100. The standard InChI is InChI=1S/C24H28N4O/c1-17(2)21(27-15-24(3,4)25-16-27)22-26-20-13-9-8-12-19(20)23(29)28(22)14-18-10-6-5-7-11-18/h5-13,16-17,21H,14-15H2,1-4H3. The summed E-state index contributed by atoms with van der Waals surface area (Å²) in [7, 11) is 0. The fourth-order valence-electron chi connectivity index (χ4n) is 4.09. The van der Waals surface area contributed by atoms with Crippen LogP contribution in [0.2, 0.25) is 0 Å². The molecule has 0 N–H and O–H groups in total. The third-order valence-electron chi connectivity index (χ3n) is 5.45. The summed E-state index contributed by atoms with van der Waals surface area (Å²) in [6, 6.07) is 17.7. The average molecular weight is 389 g/mol. The summed E-state index contributed by atoms with van der Waals surface area (Å²) < 4.78 is 1.85. The number of aromatic nitrogens is 2. The summed E-state index contributed by atoms with van der Waals surface area (Å²) in [6.45, 7) is 9.93. The van der Waals surface area contributed by atoms with Gasteiger partial charge in [-0.1, -0.05) is 56.3 Å². The molecule has 2 heterocycles. The molecule has 0 saturated carbocycles. The zero-order chi connectivity index (χ0) is 20.6. The zero-order valence-corrected chi connectivity index (χ0v) is 17.5. The Balaban J connectivity index is 1.90. The summed E-state index contributed by atoms with van der Waals surface area (Å²) in [5, 5.41) is 0.658. The lowest BCUT2D eigenvalue weighted by Crippen LogP contribution is -2.39. The van der Waals surface area contributed by atoms with Gasteiger partial charge in [-0.15, -0.1) is 0 Å². The minimum absolute atomic E-state index is 0.00972. The van der Waals surface area contributed by atoms with Gasteiger partial charge in [0.25, 0.3) is 5.56 Å². The quantitative estimate of drug-likeness (QED) is 0.656. The van der Waals surface area contributed by atoms with E-state index in [1.54, 1.807) is 0 Å². The van der Waals surface area contributed by atoms with Crippen LogP contribution in [0.4, 0.5) is 0 Å². The number of fused-ring (bicyclic) bond motifs is 1. The summed E-state index contributed by atoms with van der Waals surface area (Å²) in [6.07, 6.45) is 1.93. The van der Waals surface area contributed by atoms with E-state index in [0.29, 0.717) is 11.9 Å². The lowest BCUT2D eigenvalue weighted by molar-refractivity contribution is 0.230. The molecule has 2 aromatic carbocycles. The molecule has 1 aromatic heterocycles. The molecule has 1 atom stereocenters. The van der Waals surface area contributed by atoms with Gasteiger partial charge < -0.3 is 4.90 Å². The van der Waals surface area contributed by atoms with Gasteiger partial charge in [-0.05, 0) is 37.5 Å². The summed E-state index contributed by atoms with van der Waals surface area (Å²) >= 11 is 0. The maximum atomic E-state index is 13.5. The van der Waals surface area contributed by atoms with E-state index in [2.05, 4.69) is 49.7 Å². The first-order chi connectivity index (χ1) is 13.9. The molecule has 0 amide bonds. The van der Waals surface area contributed by atoms with Crippen LogP contribution in [-0.2, 0) is 6.54 Å². The first kappa shape index (κ1) is 19.4. The van der Waals surface area contributed by atoms with Crippen LogP contribution >= 0.6 is 0 Å². The molecular formula is C24H28N4O. The van der Waals surface area contributed by atoms with Crippen LogP contribution in [0.5, 0.6) is 0 Å². The number of hydrogen-bond acceptors (Lipinski definition) is 4. The third kappa shape index (κ3) is 3.82. The van der Waals surface area contributed by atoms with E-state index in [1.165, 1.54) is 0 Å². The van der Waals surface area contributed by atoms with Gasteiger partial charge in [0.2, 0.25) is 0 Å². The molecular weight excluding hydrogens is 360 g/mol. The monoisotopic (exact) mass is 388 g/mol. The minimum atomic E-state index is -0.130. The molecule has 1 unspecified atom stereocenters. The van der Waals surface area contributed by atoms with Gasteiger partial charge in [-0.25, -0.2) is 4.98 Å². The maximum absolute atomic E-state index is 13.5. The van der Waals surface area contributed by atoms with Crippen molar-refractivity contribution in [3.63, 3.8) is 0 Å². The molecule has 150 valence electrons. The Morgan fingerprint density at radius 3 is 2.38 bits per heavy atom. The minimum Gasteiger partial charge on any atom is -0.350 e. The van der Waals surface area contributed by atoms with E-state index >= 15 is 0 Å². The fourth-order valence-corrected chi connectivity index (χ4v) is 4.09. The number of benzene rings is 2. The number of hydrogen-bond donors (Lipinski definition) is 0. The van der Waals surface area contributed by atoms with Crippen LogP contribution in [-0.4, -0.2) is 32.9 Å². The highest BCUT2D eigenvalue weighted by Gasteiger charge is 2.34. The molecule has 0 fully saturated rings. The Labute approximate surface area is 171 Å². The SMILES string of the molecule is CC(C)C(c1nc2ccccc2c(=O)n1Cc1ccccc1)N1C=NC(C)(C)C1. The van der Waals surface area contributed by atoms with Crippen molar-refractivity contribution in [2.45, 2.75) is 45.8 Å². The van der Waals surface area contributed by atoms with Gasteiger partial charge >= 0.3 is 0 Å². The van der Waals surface area contributed by atoms with Crippen LogP contribution in [0.1, 0.15) is 45.1 Å². The van der Waals surface area contributed by atoms with Gasteiger partial charge in [0.05, 0.1) is 35.4 Å². The van der Waals surface area contributed by atoms with Crippen molar-refractivity contribution in [3.05, 3.63) is 76.3 Å². The van der Waals surface area contributed by atoms with Crippen molar-refractivity contribution in [2.24, 2.45) is 10.9 Å². The van der Waals surface area contributed by atoms with E-state index in [0.717, 1.165) is 23.4 Å². The second-order valence-electron chi connectivity index (χ2n) is 8.78. The van der Waals surface area contributed by atoms with Gasteiger partial charge in [-0.2, -0.15) is 0 Å². The molecule has 0 saturated heterocycles. The van der Waals surface area contributed by atoms with E-state index in [9.17, 15) is 4.79 Å². The Kier molecular flexibility index (Phi) is 4.99. The lowest BCUT2D eigenvalue weighted by Gasteiger charge is -2.33. The largest absolute Gasteiger partial charge is 0.350 e. The van der Waals surface area contributed by atoms with Crippen LogP contribution in [0.25, 0.3) is 10.9 Å². The Morgan fingerprint density at radius 2 is 1.72 bits per heavy atom. The molecule has 0 radical (unpaired) electrons. The van der Waals surface area contributed by atoms with Crippen LogP contribution in [0.3, 0.4) is 0 Å². The molecule has 0 spiro atoms. The zero-order valence-electron chi connectivity index (χ0n) is 17.5. The predicted molar refractivity (Wildman–Crippen MR) is 118 cm³/mol. The smallest absolute Gasteiger partial charge is 0.261 e. The van der Waals surface area contributed by atoms with Crippen molar-refractivity contribution < 1.29 is 0 Å². The normalized spacial score (nSPS) is 16.7. The molecule has 4 rings (SSSR count). The maximum Gasteiger partial charge on any atom is 0.261 e. The second-order valence-corrected chi connectivity index (χ2v) is 8.78. The van der Waals surface area contributed by atoms with E-state index in [-0.39, 0.29) is 23.1 Å². The molecule has 5 heteroatoms. The van der Waals surface area contributed by atoms with Crippen molar-refractivity contribution in [2.75, 3.05) is 6.54 Å². The first-order valence-electron chi connectivity index (χ1n) is 10.2. The van der Waals surface area contributed by atoms with Gasteiger partial charge in [-0.3, -0.25) is 14.4 Å². The van der Waals surface area contributed by atoms with Crippen molar-refractivity contribution in [3.8, 4) is 0 Å². The highest BCUT2D eigenvalue weighted by molar-refractivity contribution is 5.77. The van der Waals surface area contributed by atoms with Crippen LogP contribution in [0.15, 0.2) is 64.4 Å². The number of aliphatic imine (C=N–C) groups is 1. The highest BCUT2D eigenvalue weighted by Crippen LogP contribution is 2.31. The van der Waals surface area contributed by atoms with Crippen molar-refractivity contribution in [1.29, 1.82) is 0 Å². The molecule has 0 bridgehead atoms. The molecule has 1 aliphatic heterocycles. The van der Waals surface area contributed by atoms with Gasteiger partial charge in [0.1, 0.15) is 5.82 Å². The van der Waals surface area contributed by atoms with Crippen molar-refractivity contribution >= 4 is 17.2 Å². The summed E-state index contributed by atoms with van der Waals surface area (Å²) in [5.41, 5.74) is 1.72. The predicted octanol–water partition coefficient (Wildman–Crippen LogP) is 4.26. The number of nitrogens with zero attached hydrogens (tertiary/aromatic N) is 4. The molecule has 3 aromatic rings. The van der Waals surface area contributed by atoms with Crippen LogP contribution < -0.4 is 5.56 Å². The van der Waals surface area contributed by atoms with Crippen molar-refractivity contribution in [1.82, 2.24) is 14.5 Å².